The molecule has 0 aliphatic carbocycles. The fourth-order valence-corrected chi connectivity index (χ4v) is 4.47. The summed E-state index contributed by atoms with van der Waals surface area (Å²) in [6, 6.07) is 15.8. The van der Waals surface area contributed by atoms with Gasteiger partial charge in [0.15, 0.2) is 5.13 Å². The SMILES string of the molecule is Cc1cccc(OCc2csc(C(=O)Nc3nc4c(C)cccc4s3)c2)c1. The second kappa shape index (κ2) is 7.50. The van der Waals surface area contributed by atoms with E-state index in [4.69, 9.17) is 4.74 Å². The molecule has 6 heteroatoms. The fourth-order valence-electron chi connectivity index (χ4n) is 2.74. The van der Waals surface area contributed by atoms with Crippen molar-refractivity contribution in [3.05, 3.63) is 75.5 Å². The molecule has 0 bridgehead atoms. The number of nitrogens with zero attached hydrogens (tertiary/aromatic N) is 1. The molecular formula is C21H18N2O2S2. The maximum Gasteiger partial charge on any atom is 0.267 e. The molecule has 0 fully saturated rings. The second-order valence-corrected chi connectivity index (χ2v) is 8.26. The Balaban J connectivity index is 1.42. The van der Waals surface area contributed by atoms with Crippen LogP contribution in [0.3, 0.4) is 0 Å². The number of thiophene rings is 1. The molecule has 0 spiro atoms. The van der Waals surface area contributed by atoms with Crippen LogP contribution in [0.2, 0.25) is 0 Å². The van der Waals surface area contributed by atoms with Crippen molar-refractivity contribution in [2.24, 2.45) is 0 Å². The number of rotatable bonds is 5. The molecular weight excluding hydrogens is 376 g/mol. The highest BCUT2D eigenvalue weighted by Gasteiger charge is 2.13. The Morgan fingerprint density at radius 2 is 2.00 bits per heavy atom. The first-order chi connectivity index (χ1) is 13.1. The number of nitrogens with one attached hydrogen (secondary N) is 1. The van der Waals surface area contributed by atoms with Crippen LogP contribution in [0.25, 0.3) is 10.2 Å². The molecule has 0 saturated carbocycles. The smallest absolute Gasteiger partial charge is 0.267 e. The quantitative estimate of drug-likeness (QED) is 0.465. The molecule has 0 aliphatic heterocycles. The number of para-hydroxylation sites is 1. The number of carbonyl (C=O) groups is 1. The van der Waals surface area contributed by atoms with Crippen molar-refractivity contribution in [3.63, 3.8) is 0 Å². The molecule has 4 rings (SSSR count). The van der Waals surface area contributed by atoms with Gasteiger partial charge in [-0.25, -0.2) is 4.98 Å². The zero-order valence-corrected chi connectivity index (χ0v) is 16.6. The summed E-state index contributed by atoms with van der Waals surface area (Å²) >= 11 is 2.90. The topological polar surface area (TPSA) is 51.2 Å². The number of amides is 1. The zero-order valence-electron chi connectivity index (χ0n) is 15.0. The van der Waals surface area contributed by atoms with E-state index in [1.165, 1.54) is 22.7 Å². The lowest BCUT2D eigenvalue weighted by Crippen LogP contribution is -2.09. The van der Waals surface area contributed by atoms with Gasteiger partial charge < -0.3 is 4.74 Å². The summed E-state index contributed by atoms with van der Waals surface area (Å²) in [7, 11) is 0. The van der Waals surface area contributed by atoms with Crippen molar-refractivity contribution in [3.8, 4) is 5.75 Å². The second-order valence-electron chi connectivity index (χ2n) is 6.32. The molecule has 2 aromatic carbocycles. The normalized spacial score (nSPS) is 10.9. The first kappa shape index (κ1) is 17.7. The summed E-state index contributed by atoms with van der Waals surface area (Å²) in [5.41, 5.74) is 4.18. The molecule has 0 radical (unpaired) electrons. The van der Waals surface area contributed by atoms with Gasteiger partial charge in [0.05, 0.1) is 15.1 Å². The number of thiazole rings is 1. The van der Waals surface area contributed by atoms with Crippen LogP contribution in [-0.4, -0.2) is 10.9 Å². The van der Waals surface area contributed by atoms with Gasteiger partial charge in [0, 0.05) is 5.56 Å². The van der Waals surface area contributed by atoms with Crippen molar-refractivity contribution in [2.45, 2.75) is 20.5 Å². The lowest BCUT2D eigenvalue weighted by atomic mass is 10.2. The van der Waals surface area contributed by atoms with Gasteiger partial charge in [0.1, 0.15) is 12.4 Å². The van der Waals surface area contributed by atoms with Gasteiger partial charge in [-0.3, -0.25) is 10.1 Å². The third-order valence-electron chi connectivity index (χ3n) is 4.11. The summed E-state index contributed by atoms with van der Waals surface area (Å²) in [5.74, 6) is 0.690. The van der Waals surface area contributed by atoms with Gasteiger partial charge in [0.25, 0.3) is 5.91 Å². The maximum absolute atomic E-state index is 12.5. The number of aromatic nitrogens is 1. The Labute approximate surface area is 165 Å². The molecule has 1 amide bonds. The number of hydrogen-bond donors (Lipinski definition) is 1. The van der Waals surface area contributed by atoms with E-state index in [0.29, 0.717) is 16.6 Å². The van der Waals surface area contributed by atoms with Gasteiger partial charge in [-0.2, -0.15) is 0 Å². The minimum absolute atomic E-state index is 0.140. The largest absolute Gasteiger partial charge is 0.489 e. The molecule has 2 heterocycles. The average Bonchev–Trinajstić information content (AvgIpc) is 3.27. The minimum atomic E-state index is -0.140. The Morgan fingerprint density at radius 3 is 2.81 bits per heavy atom. The molecule has 0 saturated heterocycles. The number of ether oxygens (including phenoxy) is 1. The highest BCUT2D eigenvalue weighted by Crippen LogP contribution is 2.28. The molecule has 27 heavy (non-hydrogen) atoms. The van der Waals surface area contributed by atoms with E-state index in [-0.39, 0.29) is 5.91 Å². The first-order valence-corrected chi connectivity index (χ1v) is 10.2. The lowest BCUT2D eigenvalue weighted by molar-refractivity contribution is 0.103. The molecule has 136 valence electrons. The highest BCUT2D eigenvalue weighted by atomic mass is 32.1. The van der Waals surface area contributed by atoms with Crippen LogP contribution in [0.15, 0.2) is 53.9 Å². The lowest BCUT2D eigenvalue weighted by Gasteiger charge is -2.05. The molecule has 2 aromatic heterocycles. The van der Waals surface area contributed by atoms with Gasteiger partial charge in [-0.05, 0) is 54.6 Å². The summed E-state index contributed by atoms with van der Waals surface area (Å²) in [4.78, 5) is 17.7. The van der Waals surface area contributed by atoms with Gasteiger partial charge in [-0.15, -0.1) is 11.3 Å². The van der Waals surface area contributed by atoms with Crippen LogP contribution in [-0.2, 0) is 6.61 Å². The van der Waals surface area contributed by atoms with Crippen LogP contribution in [0.4, 0.5) is 5.13 Å². The number of carbonyl (C=O) groups excluding carboxylic acids is 1. The van der Waals surface area contributed by atoms with Crippen LogP contribution in [0.1, 0.15) is 26.4 Å². The number of aryl methyl sites for hydroxylation is 2. The number of fused-ring (bicyclic) bond motifs is 1. The van der Waals surface area contributed by atoms with Crippen LogP contribution >= 0.6 is 22.7 Å². The van der Waals surface area contributed by atoms with Crippen molar-refractivity contribution in [2.75, 3.05) is 5.32 Å². The van der Waals surface area contributed by atoms with Crippen LogP contribution in [0.5, 0.6) is 5.75 Å². The van der Waals surface area contributed by atoms with Crippen molar-refractivity contribution >= 4 is 43.9 Å². The Hall–Kier alpha value is -2.70. The summed E-state index contributed by atoms with van der Waals surface area (Å²) in [6.45, 7) is 4.49. The van der Waals surface area contributed by atoms with E-state index >= 15 is 0 Å². The first-order valence-electron chi connectivity index (χ1n) is 8.53. The number of hydrogen-bond acceptors (Lipinski definition) is 5. The molecule has 4 nitrogen and oxygen atoms in total. The Morgan fingerprint density at radius 1 is 1.15 bits per heavy atom. The Kier molecular flexibility index (Phi) is 4.92. The maximum atomic E-state index is 12.5. The molecule has 0 unspecified atom stereocenters. The standard InChI is InChI=1S/C21H18N2O2S2/c1-13-5-3-7-16(9-13)25-11-15-10-18(26-12-15)20(24)23-21-22-19-14(2)6-4-8-17(19)27-21/h3-10,12H,11H2,1-2H3,(H,22,23,24). The van der Waals surface area contributed by atoms with E-state index in [2.05, 4.69) is 10.3 Å². The minimum Gasteiger partial charge on any atom is -0.489 e. The monoisotopic (exact) mass is 394 g/mol. The highest BCUT2D eigenvalue weighted by molar-refractivity contribution is 7.22. The average molecular weight is 395 g/mol. The van der Waals surface area contributed by atoms with E-state index in [1.54, 1.807) is 0 Å². The summed E-state index contributed by atoms with van der Waals surface area (Å²) in [5, 5.41) is 5.48. The van der Waals surface area contributed by atoms with E-state index in [9.17, 15) is 4.79 Å². The molecule has 1 N–H and O–H groups in total. The van der Waals surface area contributed by atoms with Gasteiger partial charge in [0.2, 0.25) is 0 Å². The Bertz CT molecular complexity index is 1110. The van der Waals surface area contributed by atoms with Gasteiger partial charge in [-0.1, -0.05) is 35.6 Å². The molecule has 0 aliphatic rings. The van der Waals surface area contributed by atoms with Crippen LogP contribution < -0.4 is 10.1 Å². The third-order valence-corrected chi connectivity index (χ3v) is 6.03. The zero-order chi connectivity index (χ0) is 18.8. The van der Waals surface area contributed by atoms with Crippen LogP contribution in [0, 0.1) is 13.8 Å². The predicted molar refractivity (Wildman–Crippen MR) is 112 cm³/mol. The summed E-state index contributed by atoms with van der Waals surface area (Å²) < 4.78 is 6.87. The van der Waals surface area contributed by atoms with Crippen molar-refractivity contribution in [1.82, 2.24) is 4.98 Å². The molecule has 4 aromatic rings. The third kappa shape index (κ3) is 4.02. The van der Waals surface area contributed by atoms with Crippen molar-refractivity contribution < 1.29 is 9.53 Å². The van der Waals surface area contributed by atoms with Gasteiger partial charge >= 0.3 is 0 Å². The van der Waals surface area contributed by atoms with E-state index in [1.807, 2.05) is 67.8 Å². The summed E-state index contributed by atoms with van der Waals surface area (Å²) in [6.07, 6.45) is 0. The molecule has 0 atom stereocenters. The van der Waals surface area contributed by atoms with E-state index < -0.39 is 0 Å². The fraction of sp³-hybridized carbons (Fsp3) is 0.143. The predicted octanol–water partition coefficient (Wildman–Crippen LogP) is 5.81. The van der Waals surface area contributed by atoms with E-state index in [0.717, 1.165) is 32.7 Å². The van der Waals surface area contributed by atoms with Crippen molar-refractivity contribution in [1.29, 1.82) is 0 Å². The number of benzene rings is 2. The number of anilines is 1.